The Morgan fingerprint density at radius 3 is 3.23 bits per heavy atom. The van der Waals surface area contributed by atoms with Gasteiger partial charge >= 0.3 is 0 Å². The van der Waals surface area contributed by atoms with E-state index in [0.717, 1.165) is 24.1 Å². The maximum Gasteiger partial charge on any atom is 0.179 e. The minimum absolute atomic E-state index is 0.0168. The molecule has 0 amide bonds. The van der Waals surface area contributed by atoms with Crippen LogP contribution in [0, 0.1) is 0 Å². The smallest absolute Gasteiger partial charge is 0.179 e. The quantitative estimate of drug-likeness (QED) is 0.561. The standard InChI is InChI=1S/C7H6BrIN2OS/c8-5-1-2-6-4(7(5)12)3-10-11(6)13-9/h3,5H,1-2H2. The SMILES string of the molecule is O=C1c2cnn(SI)c2CCC1Br. The summed E-state index contributed by atoms with van der Waals surface area (Å²) in [5.41, 5.74) is 1.83. The Morgan fingerprint density at radius 2 is 2.54 bits per heavy atom. The van der Waals surface area contributed by atoms with Crippen LogP contribution in [0.4, 0.5) is 0 Å². The second-order valence-corrected chi connectivity index (χ2v) is 5.59. The van der Waals surface area contributed by atoms with E-state index in [4.69, 9.17) is 0 Å². The van der Waals surface area contributed by atoms with E-state index in [1.165, 1.54) is 9.12 Å². The molecule has 0 aliphatic heterocycles. The van der Waals surface area contributed by atoms with Crippen molar-refractivity contribution in [2.75, 3.05) is 0 Å². The van der Waals surface area contributed by atoms with Gasteiger partial charge in [0.1, 0.15) is 0 Å². The van der Waals surface area contributed by atoms with E-state index in [0.29, 0.717) is 0 Å². The summed E-state index contributed by atoms with van der Waals surface area (Å²) < 4.78 is 1.81. The van der Waals surface area contributed by atoms with Crippen LogP contribution in [0.2, 0.25) is 0 Å². The molecule has 1 aliphatic rings. The number of aromatic nitrogens is 2. The molecule has 0 saturated carbocycles. The van der Waals surface area contributed by atoms with E-state index in [2.05, 4.69) is 42.2 Å². The number of carbonyl (C=O) groups excluding carboxylic acids is 1. The van der Waals surface area contributed by atoms with E-state index < -0.39 is 0 Å². The Balaban J connectivity index is 2.45. The molecule has 1 heterocycles. The Hall–Kier alpha value is 0.440. The lowest BCUT2D eigenvalue weighted by Crippen LogP contribution is -2.22. The maximum absolute atomic E-state index is 11.6. The van der Waals surface area contributed by atoms with Crippen LogP contribution in [0.25, 0.3) is 0 Å². The summed E-state index contributed by atoms with van der Waals surface area (Å²) in [5, 5.41) is 4.13. The van der Waals surface area contributed by atoms with E-state index in [9.17, 15) is 4.79 Å². The summed E-state index contributed by atoms with van der Waals surface area (Å²) in [6, 6.07) is 0. The number of carbonyl (C=O) groups is 1. The van der Waals surface area contributed by atoms with Crippen LogP contribution in [0.3, 0.4) is 0 Å². The Bertz CT molecular complexity index is 354. The van der Waals surface area contributed by atoms with E-state index in [1.807, 2.05) is 4.09 Å². The van der Waals surface area contributed by atoms with Gasteiger partial charge in [0, 0.05) is 30.3 Å². The van der Waals surface area contributed by atoms with Crippen molar-refractivity contribution in [3.8, 4) is 0 Å². The number of ketones is 1. The summed E-state index contributed by atoms with van der Waals surface area (Å²) in [6.45, 7) is 0. The first-order chi connectivity index (χ1) is 6.24. The number of fused-ring (bicyclic) bond motifs is 1. The molecule has 0 spiro atoms. The first kappa shape index (κ1) is 9.97. The van der Waals surface area contributed by atoms with Crippen molar-refractivity contribution in [2.24, 2.45) is 0 Å². The summed E-state index contributed by atoms with van der Waals surface area (Å²) in [5.74, 6) is 0.165. The van der Waals surface area contributed by atoms with Crippen LogP contribution in [0.1, 0.15) is 22.5 Å². The van der Waals surface area contributed by atoms with Gasteiger partial charge in [-0.15, -0.1) is 0 Å². The lowest BCUT2D eigenvalue weighted by atomic mass is 9.97. The van der Waals surface area contributed by atoms with Crippen molar-refractivity contribution in [3.63, 3.8) is 0 Å². The molecule has 1 unspecified atom stereocenters. The second kappa shape index (κ2) is 3.90. The molecule has 1 atom stereocenters. The fraction of sp³-hybridized carbons (Fsp3) is 0.429. The molecule has 0 saturated heterocycles. The highest BCUT2D eigenvalue weighted by Gasteiger charge is 2.28. The molecule has 2 rings (SSSR count). The Morgan fingerprint density at radius 1 is 1.77 bits per heavy atom. The third-order valence-corrected chi connectivity index (χ3v) is 4.52. The van der Waals surface area contributed by atoms with E-state index >= 15 is 0 Å². The molecular weight excluding hydrogens is 367 g/mol. The van der Waals surface area contributed by atoms with Gasteiger partial charge < -0.3 is 0 Å². The van der Waals surface area contributed by atoms with E-state index in [1.54, 1.807) is 6.20 Å². The van der Waals surface area contributed by atoms with Gasteiger partial charge in [-0.25, -0.2) is 0 Å². The number of halogens is 2. The molecule has 0 N–H and O–H groups in total. The van der Waals surface area contributed by atoms with Gasteiger partial charge in [0.25, 0.3) is 0 Å². The number of hydrogen-bond acceptors (Lipinski definition) is 3. The van der Waals surface area contributed by atoms with Gasteiger partial charge in [-0.1, -0.05) is 15.9 Å². The van der Waals surface area contributed by atoms with Gasteiger partial charge in [0.2, 0.25) is 0 Å². The zero-order valence-electron chi connectivity index (χ0n) is 6.54. The predicted octanol–water partition coefficient (Wildman–Crippen LogP) is 2.62. The van der Waals surface area contributed by atoms with Crippen molar-refractivity contribution in [1.29, 1.82) is 0 Å². The van der Waals surface area contributed by atoms with Gasteiger partial charge in [-0.3, -0.25) is 4.79 Å². The molecule has 0 bridgehead atoms. The highest BCUT2D eigenvalue weighted by Crippen LogP contribution is 2.29. The zero-order valence-corrected chi connectivity index (χ0v) is 11.1. The summed E-state index contributed by atoms with van der Waals surface area (Å²) in [4.78, 5) is 11.6. The summed E-state index contributed by atoms with van der Waals surface area (Å²) in [7, 11) is 1.50. The molecule has 0 radical (unpaired) electrons. The lowest BCUT2D eigenvalue weighted by molar-refractivity contribution is 0.0981. The highest BCUT2D eigenvalue weighted by molar-refractivity contribution is 14.2. The van der Waals surface area contributed by atoms with Crippen molar-refractivity contribution in [1.82, 2.24) is 9.19 Å². The topological polar surface area (TPSA) is 34.9 Å². The third kappa shape index (κ3) is 1.68. The number of alkyl halides is 1. The molecule has 1 aromatic heterocycles. The van der Waals surface area contributed by atoms with Crippen molar-refractivity contribution >= 4 is 52.0 Å². The highest BCUT2D eigenvalue weighted by atomic mass is 127. The normalized spacial score (nSPS) is 21.7. The van der Waals surface area contributed by atoms with Crippen LogP contribution in [-0.4, -0.2) is 19.8 Å². The molecule has 70 valence electrons. The average molecular weight is 373 g/mol. The van der Waals surface area contributed by atoms with E-state index in [-0.39, 0.29) is 10.6 Å². The monoisotopic (exact) mass is 372 g/mol. The van der Waals surface area contributed by atoms with Gasteiger partial charge in [-0.2, -0.15) is 9.19 Å². The van der Waals surface area contributed by atoms with Crippen LogP contribution >= 0.6 is 46.3 Å². The molecule has 0 aromatic carbocycles. The molecule has 3 nitrogen and oxygen atoms in total. The Kier molecular flexibility index (Phi) is 2.99. The van der Waals surface area contributed by atoms with Gasteiger partial charge in [-0.05, 0) is 12.8 Å². The molecule has 0 fully saturated rings. The largest absolute Gasteiger partial charge is 0.293 e. The average Bonchev–Trinajstić information content (AvgIpc) is 2.55. The number of rotatable bonds is 1. The fourth-order valence-electron chi connectivity index (χ4n) is 1.42. The molecule has 6 heteroatoms. The van der Waals surface area contributed by atoms with Crippen molar-refractivity contribution < 1.29 is 4.79 Å². The molecule has 1 aromatic rings. The first-order valence-electron chi connectivity index (χ1n) is 3.78. The number of nitrogens with zero attached hydrogens (tertiary/aromatic N) is 2. The van der Waals surface area contributed by atoms with Crippen molar-refractivity contribution in [2.45, 2.75) is 17.7 Å². The van der Waals surface area contributed by atoms with Crippen LogP contribution < -0.4 is 0 Å². The fourth-order valence-corrected chi connectivity index (χ4v) is 3.27. The lowest BCUT2D eigenvalue weighted by Gasteiger charge is -2.15. The Labute approximate surface area is 100 Å². The number of Topliss-reactive ketones (excluding diaryl/α,β-unsaturated/α-hetero) is 1. The molecular formula is C7H6BrIN2OS. The zero-order chi connectivity index (χ0) is 9.42. The minimum atomic E-state index is -0.0168. The third-order valence-electron chi connectivity index (χ3n) is 2.08. The van der Waals surface area contributed by atoms with Crippen LogP contribution in [0.15, 0.2) is 6.20 Å². The van der Waals surface area contributed by atoms with Gasteiger partial charge in [0.05, 0.1) is 22.3 Å². The number of hydrogen-bond donors (Lipinski definition) is 0. The maximum atomic E-state index is 11.6. The predicted molar refractivity (Wildman–Crippen MR) is 64.6 cm³/mol. The molecule has 13 heavy (non-hydrogen) atoms. The summed E-state index contributed by atoms with van der Waals surface area (Å²) >= 11 is 5.52. The summed E-state index contributed by atoms with van der Waals surface area (Å²) in [6.07, 6.45) is 3.46. The second-order valence-electron chi connectivity index (χ2n) is 2.82. The minimum Gasteiger partial charge on any atom is -0.293 e. The van der Waals surface area contributed by atoms with Crippen LogP contribution in [0.5, 0.6) is 0 Å². The van der Waals surface area contributed by atoms with Crippen molar-refractivity contribution in [3.05, 3.63) is 17.5 Å². The van der Waals surface area contributed by atoms with Crippen LogP contribution in [-0.2, 0) is 6.42 Å². The molecule has 1 aliphatic carbocycles. The first-order valence-corrected chi connectivity index (χ1v) is 8.01. The van der Waals surface area contributed by atoms with Gasteiger partial charge in [0.15, 0.2) is 5.78 Å².